The molecule has 130 valence electrons. The van der Waals surface area contributed by atoms with E-state index in [9.17, 15) is 8.78 Å². The summed E-state index contributed by atoms with van der Waals surface area (Å²) in [5, 5.41) is 4.30. The highest BCUT2D eigenvalue weighted by Crippen LogP contribution is 2.25. The van der Waals surface area contributed by atoms with Gasteiger partial charge in [-0.25, -0.2) is 8.78 Å². The van der Waals surface area contributed by atoms with Crippen LogP contribution in [0.3, 0.4) is 0 Å². The van der Waals surface area contributed by atoms with Gasteiger partial charge in [-0.2, -0.15) is 5.10 Å². The molecule has 0 unspecified atom stereocenters. The fraction of sp³-hybridized carbons (Fsp3) is 0.526. The van der Waals surface area contributed by atoms with Gasteiger partial charge in [-0.05, 0) is 57.2 Å². The summed E-state index contributed by atoms with van der Waals surface area (Å²) in [7, 11) is 1.96. The summed E-state index contributed by atoms with van der Waals surface area (Å²) in [4.78, 5) is 2.44. The monoisotopic (exact) mass is 333 g/mol. The third-order valence-corrected chi connectivity index (χ3v) is 5.20. The van der Waals surface area contributed by atoms with Gasteiger partial charge in [0.25, 0.3) is 0 Å². The first kappa shape index (κ1) is 17.1. The smallest absolute Gasteiger partial charge is 0.129 e. The Balaban J connectivity index is 1.57. The average molecular weight is 333 g/mol. The molecule has 0 aliphatic carbocycles. The van der Waals surface area contributed by atoms with Crippen LogP contribution in [0.4, 0.5) is 8.78 Å². The highest BCUT2D eigenvalue weighted by Gasteiger charge is 2.22. The van der Waals surface area contributed by atoms with Crippen LogP contribution in [0.25, 0.3) is 0 Å². The molecule has 0 N–H and O–H groups in total. The van der Waals surface area contributed by atoms with Crippen molar-refractivity contribution in [3.8, 4) is 0 Å². The highest BCUT2D eigenvalue weighted by atomic mass is 19.1. The standard InChI is InChI=1S/C19H25F2N3/c1-14-16(11-22-23(14)2)13-24-10-4-5-15(12-24)8-9-17-18(20)6-3-7-19(17)21/h3,6-7,11,15H,4-5,8-10,12-13H2,1-2H3/t15-/m1/s1. The van der Waals surface area contributed by atoms with Crippen molar-refractivity contribution in [2.75, 3.05) is 13.1 Å². The van der Waals surface area contributed by atoms with Crippen LogP contribution in [-0.4, -0.2) is 27.8 Å². The molecule has 3 rings (SSSR count). The fourth-order valence-electron chi connectivity index (χ4n) is 3.59. The van der Waals surface area contributed by atoms with E-state index in [4.69, 9.17) is 0 Å². The van der Waals surface area contributed by atoms with Crippen LogP contribution in [-0.2, 0) is 20.0 Å². The van der Waals surface area contributed by atoms with Crippen molar-refractivity contribution < 1.29 is 8.78 Å². The second kappa shape index (κ2) is 7.43. The van der Waals surface area contributed by atoms with E-state index in [0.717, 1.165) is 38.9 Å². The Morgan fingerprint density at radius 2 is 2.00 bits per heavy atom. The van der Waals surface area contributed by atoms with E-state index in [1.165, 1.54) is 29.5 Å². The molecule has 0 radical (unpaired) electrons. The van der Waals surface area contributed by atoms with Crippen molar-refractivity contribution in [2.24, 2.45) is 13.0 Å². The topological polar surface area (TPSA) is 21.1 Å². The Kier molecular flexibility index (Phi) is 5.29. The molecule has 0 bridgehead atoms. The summed E-state index contributed by atoms with van der Waals surface area (Å²) in [5.41, 5.74) is 2.70. The van der Waals surface area contributed by atoms with Crippen molar-refractivity contribution in [2.45, 2.75) is 39.2 Å². The number of nitrogens with zero attached hydrogens (tertiary/aromatic N) is 3. The number of aromatic nitrogens is 2. The first-order valence-electron chi connectivity index (χ1n) is 8.67. The summed E-state index contributed by atoms with van der Waals surface area (Å²) in [6.07, 6.45) is 5.53. The molecule has 1 saturated heterocycles. The molecular weight excluding hydrogens is 308 g/mol. The van der Waals surface area contributed by atoms with E-state index < -0.39 is 11.6 Å². The summed E-state index contributed by atoms with van der Waals surface area (Å²) in [6, 6.07) is 4.11. The molecule has 1 aliphatic heterocycles. The fourth-order valence-corrected chi connectivity index (χ4v) is 3.59. The number of rotatable bonds is 5. The zero-order valence-electron chi connectivity index (χ0n) is 14.4. The predicted molar refractivity (Wildman–Crippen MR) is 90.6 cm³/mol. The van der Waals surface area contributed by atoms with Crippen molar-refractivity contribution in [1.82, 2.24) is 14.7 Å². The zero-order valence-corrected chi connectivity index (χ0v) is 14.4. The van der Waals surface area contributed by atoms with Gasteiger partial charge in [0.2, 0.25) is 0 Å². The molecular formula is C19H25F2N3. The van der Waals surface area contributed by atoms with E-state index in [1.54, 1.807) is 0 Å². The molecule has 0 spiro atoms. The Labute approximate surface area is 142 Å². The third kappa shape index (κ3) is 3.83. The van der Waals surface area contributed by atoms with Gasteiger partial charge in [0.1, 0.15) is 11.6 Å². The SMILES string of the molecule is Cc1c(CN2CCC[C@H](CCc3c(F)cccc3F)C2)cnn1C. The van der Waals surface area contributed by atoms with Crippen LogP contribution in [0.15, 0.2) is 24.4 Å². The molecule has 1 aromatic carbocycles. The largest absolute Gasteiger partial charge is 0.299 e. The van der Waals surface area contributed by atoms with Crippen LogP contribution in [0.5, 0.6) is 0 Å². The normalized spacial score (nSPS) is 18.9. The van der Waals surface area contributed by atoms with E-state index in [1.807, 2.05) is 17.9 Å². The van der Waals surface area contributed by atoms with Gasteiger partial charge in [-0.3, -0.25) is 9.58 Å². The zero-order chi connectivity index (χ0) is 17.1. The Hall–Kier alpha value is -1.75. The van der Waals surface area contributed by atoms with Gasteiger partial charge >= 0.3 is 0 Å². The van der Waals surface area contributed by atoms with E-state index >= 15 is 0 Å². The molecule has 3 nitrogen and oxygen atoms in total. The first-order chi connectivity index (χ1) is 11.5. The van der Waals surface area contributed by atoms with Crippen LogP contribution < -0.4 is 0 Å². The Morgan fingerprint density at radius 3 is 2.67 bits per heavy atom. The molecule has 0 amide bonds. The molecule has 2 aromatic rings. The third-order valence-electron chi connectivity index (χ3n) is 5.20. The quantitative estimate of drug-likeness (QED) is 0.829. The number of aryl methyl sites for hydroxylation is 1. The number of halogens is 2. The maximum atomic E-state index is 13.8. The number of benzene rings is 1. The lowest BCUT2D eigenvalue weighted by molar-refractivity contribution is 0.161. The van der Waals surface area contributed by atoms with Crippen molar-refractivity contribution >= 4 is 0 Å². The minimum absolute atomic E-state index is 0.234. The van der Waals surface area contributed by atoms with Gasteiger partial charge in [0.15, 0.2) is 0 Å². The molecule has 5 heteroatoms. The van der Waals surface area contributed by atoms with Crippen LogP contribution in [0, 0.1) is 24.5 Å². The van der Waals surface area contributed by atoms with Crippen LogP contribution in [0.1, 0.15) is 36.1 Å². The van der Waals surface area contributed by atoms with E-state index in [0.29, 0.717) is 12.3 Å². The Bertz CT molecular complexity index is 676. The molecule has 2 heterocycles. The van der Waals surface area contributed by atoms with Gasteiger partial charge in [0.05, 0.1) is 6.20 Å². The molecule has 1 atom stereocenters. The van der Waals surface area contributed by atoms with Crippen LogP contribution >= 0.6 is 0 Å². The number of likely N-dealkylation sites (tertiary alicyclic amines) is 1. The van der Waals surface area contributed by atoms with Crippen molar-refractivity contribution in [1.29, 1.82) is 0 Å². The van der Waals surface area contributed by atoms with Crippen LogP contribution in [0.2, 0.25) is 0 Å². The lowest BCUT2D eigenvalue weighted by atomic mass is 9.91. The predicted octanol–water partition coefficient (Wildman–Crippen LogP) is 3.85. The van der Waals surface area contributed by atoms with Gasteiger partial charge in [0, 0.05) is 37.0 Å². The average Bonchev–Trinajstić information content (AvgIpc) is 2.87. The minimum Gasteiger partial charge on any atom is -0.299 e. The summed E-state index contributed by atoms with van der Waals surface area (Å²) < 4.78 is 29.4. The number of hydrogen-bond acceptors (Lipinski definition) is 2. The first-order valence-corrected chi connectivity index (χ1v) is 8.67. The molecule has 1 aromatic heterocycles. The van der Waals surface area contributed by atoms with Gasteiger partial charge in [-0.1, -0.05) is 6.07 Å². The second-order valence-electron chi connectivity index (χ2n) is 6.86. The summed E-state index contributed by atoms with van der Waals surface area (Å²) >= 11 is 0. The van der Waals surface area contributed by atoms with Crippen molar-refractivity contribution in [3.63, 3.8) is 0 Å². The molecule has 24 heavy (non-hydrogen) atoms. The van der Waals surface area contributed by atoms with Gasteiger partial charge in [-0.15, -0.1) is 0 Å². The van der Waals surface area contributed by atoms with E-state index in [2.05, 4.69) is 16.9 Å². The molecule has 1 aliphatic rings. The molecule has 0 saturated carbocycles. The van der Waals surface area contributed by atoms with E-state index in [-0.39, 0.29) is 5.56 Å². The summed E-state index contributed by atoms with van der Waals surface area (Å²) in [6.45, 7) is 5.07. The van der Waals surface area contributed by atoms with Crippen molar-refractivity contribution in [3.05, 3.63) is 52.9 Å². The maximum Gasteiger partial charge on any atom is 0.129 e. The lowest BCUT2D eigenvalue weighted by Gasteiger charge is -2.32. The number of hydrogen-bond donors (Lipinski definition) is 0. The Morgan fingerprint density at radius 1 is 1.25 bits per heavy atom. The van der Waals surface area contributed by atoms with Gasteiger partial charge < -0.3 is 0 Å². The summed E-state index contributed by atoms with van der Waals surface area (Å²) in [5.74, 6) is -0.350. The highest BCUT2D eigenvalue weighted by molar-refractivity contribution is 5.20. The lowest BCUT2D eigenvalue weighted by Crippen LogP contribution is -2.35. The molecule has 1 fully saturated rings. The number of piperidine rings is 1. The second-order valence-corrected chi connectivity index (χ2v) is 6.86. The minimum atomic E-state index is -0.423. The maximum absolute atomic E-state index is 13.8.